The summed E-state index contributed by atoms with van der Waals surface area (Å²) in [5, 5.41) is 7.56. The lowest BCUT2D eigenvalue weighted by Gasteiger charge is -2.34. The van der Waals surface area contributed by atoms with Gasteiger partial charge in [-0.1, -0.05) is 6.92 Å². The maximum atomic E-state index is 12.7. The Balaban J connectivity index is 2.18. The highest BCUT2D eigenvalue weighted by Crippen LogP contribution is 2.16. The molecule has 0 spiro atoms. The van der Waals surface area contributed by atoms with Gasteiger partial charge in [0.25, 0.3) is 5.91 Å². The fourth-order valence-corrected chi connectivity index (χ4v) is 2.65. The van der Waals surface area contributed by atoms with Crippen LogP contribution in [0.15, 0.2) is 6.20 Å². The number of nitrogens with one attached hydrogen (secondary N) is 1. The molecule has 1 aromatic heterocycles. The first-order valence-corrected chi connectivity index (χ1v) is 7.15. The van der Waals surface area contributed by atoms with E-state index < -0.39 is 0 Å². The Hall–Kier alpha value is -1.36. The summed E-state index contributed by atoms with van der Waals surface area (Å²) < 4.78 is 1.76. The number of rotatable bonds is 4. The van der Waals surface area contributed by atoms with E-state index in [1.807, 2.05) is 18.9 Å². The molecule has 1 unspecified atom stereocenters. The summed E-state index contributed by atoms with van der Waals surface area (Å²) in [6.07, 6.45) is 4.92. The van der Waals surface area contributed by atoms with E-state index in [4.69, 9.17) is 0 Å². The van der Waals surface area contributed by atoms with Gasteiger partial charge in [0, 0.05) is 31.9 Å². The van der Waals surface area contributed by atoms with E-state index in [9.17, 15) is 4.79 Å². The molecular formula is C14H24N4O. The van der Waals surface area contributed by atoms with Gasteiger partial charge in [-0.15, -0.1) is 0 Å². The fourth-order valence-electron chi connectivity index (χ4n) is 2.65. The number of carbonyl (C=O) groups excluding carboxylic acids is 1. The Morgan fingerprint density at radius 3 is 2.95 bits per heavy atom. The molecule has 1 saturated heterocycles. The zero-order valence-electron chi connectivity index (χ0n) is 12.1. The molecule has 0 aliphatic carbocycles. The number of nitrogens with zero attached hydrogens (tertiary/aromatic N) is 3. The van der Waals surface area contributed by atoms with Gasteiger partial charge in [-0.2, -0.15) is 5.10 Å². The minimum atomic E-state index is 0.126. The second kappa shape index (κ2) is 6.19. The molecule has 0 saturated carbocycles. The van der Waals surface area contributed by atoms with Gasteiger partial charge in [0.1, 0.15) is 0 Å². The standard InChI is InChI=1S/C14H24N4O/c1-4-8-18(12-6-5-7-15-9-12)14(19)13-10-16-17(3)11(13)2/h10,12,15H,4-9H2,1-3H3. The van der Waals surface area contributed by atoms with E-state index in [0.29, 0.717) is 6.04 Å². The van der Waals surface area contributed by atoms with Crippen LogP contribution >= 0.6 is 0 Å². The van der Waals surface area contributed by atoms with Crippen LogP contribution in [0.1, 0.15) is 42.2 Å². The van der Waals surface area contributed by atoms with Crippen LogP contribution in [0.25, 0.3) is 0 Å². The Morgan fingerprint density at radius 1 is 1.63 bits per heavy atom. The molecule has 0 bridgehead atoms. The summed E-state index contributed by atoms with van der Waals surface area (Å²) in [6.45, 7) is 6.86. The lowest BCUT2D eigenvalue weighted by Crippen LogP contribution is -2.49. The summed E-state index contributed by atoms with van der Waals surface area (Å²) >= 11 is 0. The molecule has 106 valence electrons. The minimum absolute atomic E-state index is 0.126. The number of amides is 1. The van der Waals surface area contributed by atoms with Crippen LogP contribution in [0.2, 0.25) is 0 Å². The molecule has 5 heteroatoms. The monoisotopic (exact) mass is 264 g/mol. The molecule has 1 aliphatic heterocycles. The summed E-state index contributed by atoms with van der Waals surface area (Å²) in [5.74, 6) is 0.126. The van der Waals surface area contributed by atoms with Gasteiger partial charge in [-0.25, -0.2) is 0 Å². The van der Waals surface area contributed by atoms with E-state index in [-0.39, 0.29) is 5.91 Å². The van der Waals surface area contributed by atoms with Crippen molar-refractivity contribution in [3.63, 3.8) is 0 Å². The molecule has 1 aromatic rings. The molecule has 0 aromatic carbocycles. The van der Waals surface area contributed by atoms with Gasteiger partial charge < -0.3 is 10.2 Å². The maximum absolute atomic E-state index is 12.7. The molecule has 1 fully saturated rings. The van der Waals surface area contributed by atoms with Crippen LogP contribution in [-0.4, -0.2) is 46.3 Å². The highest BCUT2D eigenvalue weighted by atomic mass is 16.2. The summed E-state index contributed by atoms with van der Waals surface area (Å²) in [4.78, 5) is 14.7. The van der Waals surface area contributed by atoms with Crippen molar-refractivity contribution in [3.8, 4) is 0 Å². The second-order valence-corrected chi connectivity index (χ2v) is 5.27. The highest BCUT2D eigenvalue weighted by Gasteiger charge is 2.27. The van der Waals surface area contributed by atoms with Crippen LogP contribution < -0.4 is 5.32 Å². The Bertz CT molecular complexity index is 435. The van der Waals surface area contributed by atoms with Crippen molar-refractivity contribution in [1.82, 2.24) is 20.0 Å². The van der Waals surface area contributed by atoms with Crippen LogP contribution in [0, 0.1) is 6.92 Å². The van der Waals surface area contributed by atoms with Crippen molar-refractivity contribution in [1.29, 1.82) is 0 Å². The van der Waals surface area contributed by atoms with E-state index >= 15 is 0 Å². The quantitative estimate of drug-likeness (QED) is 0.892. The van der Waals surface area contributed by atoms with Crippen molar-refractivity contribution < 1.29 is 4.79 Å². The first-order chi connectivity index (χ1) is 9.15. The first kappa shape index (κ1) is 14.1. The molecule has 1 N–H and O–H groups in total. The van der Waals surface area contributed by atoms with E-state index in [1.54, 1.807) is 10.9 Å². The number of aromatic nitrogens is 2. The van der Waals surface area contributed by atoms with Gasteiger partial charge in [0.2, 0.25) is 0 Å². The van der Waals surface area contributed by atoms with Crippen molar-refractivity contribution in [2.24, 2.45) is 7.05 Å². The Labute approximate surface area is 115 Å². The predicted octanol–water partition coefficient (Wildman–Crippen LogP) is 1.33. The Kier molecular flexibility index (Phi) is 4.58. The summed E-state index contributed by atoms with van der Waals surface area (Å²) in [7, 11) is 1.87. The van der Waals surface area contributed by atoms with Gasteiger partial charge in [-0.3, -0.25) is 9.48 Å². The normalized spacial score (nSPS) is 19.4. The lowest BCUT2D eigenvalue weighted by molar-refractivity contribution is 0.0648. The molecule has 2 rings (SSSR count). The topological polar surface area (TPSA) is 50.2 Å². The van der Waals surface area contributed by atoms with Gasteiger partial charge in [0.15, 0.2) is 0 Å². The molecular weight excluding hydrogens is 240 g/mol. The van der Waals surface area contributed by atoms with Crippen LogP contribution in [0.4, 0.5) is 0 Å². The molecule has 19 heavy (non-hydrogen) atoms. The second-order valence-electron chi connectivity index (χ2n) is 5.27. The minimum Gasteiger partial charge on any atom is -0.334 e. The summed E-state index contributed by atoms with van der Waals surface area (Å²) in [6, 6.07) is 0.320. The van der Waals surface area contributed by atoms with E-state index in [1.165, 1.54) is 0 Å². The van der Waals surface area contributed by atoms with Gasteiger partial charge in [0.05, 0.1) is 11.8 Å². The van der Waals surface area contributed by atoms with Crippen molar-refractivity contribution in [2.45, 2.75) is 39.2 Å². The first-order valence-electron chi connectivity index (χ1n) is 7.15. The van der Waals surface area contributed by atoms with Crippen LogP contribution in [-0.2, 0) is 7.05 Å². The van der Waals surface area contributed by atoms with E-state index in [0.717, 1.165) is 50.2 Å². The zero-order valence-corrected chi connectivity index (χ0v) is 12.1. The molecule has 1 amide bonds. The highest BCUT2D eigenvalue weighted by molar-refractivity contribution is 5.95. The molecule has 1 atom stereocenters. The largest absolute Gasteiger partial charge is 0.334 e. The van der Waals surface area contributed by atoms with Crippen molar-refractivity contribution in [2.75, 3.05) is 19.6 Å². The zero-order chi connectivity index (χ0) is 13.8. The molecule has 2 heterocycles. The Morgan fingerprint density at radius 2 is 2.42 bits per heavy atom. The fraction of sp³-hybridized carbons (Fsp3) is 0.714. The number of aryl methyl sites for hydroxylation is 1. The third-order valence-corrected chi connectivity index (χ3v) is 3.90. The molecule has 5 nitrogen and oxygen atoms in total. The van der Waals surface area contributed by atoms with Crippen molar-refractivity contribution >= 4 is 5.91 Å². The number of hydrogen-bond donors (Lipinski definition) is 1. The lowest BCUT2D eigenvalue weighted by atomic mass is 10.0. The molecule has 1 aliphatic rings. The SMILES string of the molecule is CCCN(C(=O)c1cnn(C)c1C)C1CCCNC1. The summed E-state index contributed by atoms with van der Waals surface area (Å²) in [5.41, 5.74) is 1.68. The van der Waals surface area contributed by atoms with Gasteiger partial charge >= 0.3 is 0 Å². The number of hydrogen-bond acceptors (Lipinski definition) is 3. The third-order valence-electron chi connectivity index (χ3n) is 3.90. The maximum Gasteiger partial charge on any atom is 0.257 e. The average molecular weight is 264 g/mol. The van der Waals surface area contributed by atoms with Crippen LogP contribution in [0.5, 0.6) is 0 Å². The smallest absolute Gasteiger partial charge is 0.257 e. The number of piperidine rings is 1. The number of carbonyl (C=O) groups is 1. The average Bonchev–Trinajstić information content (AvgIpc) is 2.77. The van der Waals surface area contributed by atoms with E-state index in [2.05, 4.69) is 17.3 Å². The van der Waals surface area contributed by atoms with Crippen molar-refractivity contribution in [3.05, 3.63) is 17.5 Å². The molecule has 0 radical (unpaired) electrons. The van der Waals surface area contributed by atoms with Gasteiger partial charge in [-0.05, 0) is 32.7 Å². The predicted molar refractivity (Wildman–Crippen MR) is 75.2 cm³/mol. The van der Waals surface area contributed by atoms with Crippen LogP contribution in [0.3, 0.4) is 0 Å². The third kappa shape index (κ3) is 2.97.